The van der Waals surface area contributed by atoms with Crippen LogP contribution in [0.5, 0.6) is 0 Å². The van der Waals surface area contributed by atoms with E-state index in [0.29, 0.717) is 35.5 Å². The number of hydrogen-bond donors (Lipinski definition) is 2. The molecule has 0 saturated heterocycles. The monoisotopic (exact) mass is 218 g/mol. The maximum atomic E-state index is 10.1. The van der Waals surface area contributed by atoms with Crippen LogP contribution in [-0.2, 0) is 0 Å². The Bertz CT molecular complexity index is 337. The lowest BCUT2D eigenvalue weighted by atomic mass is 9.75. The minimum atomic E-state index is -0.134. The van der Waals surface area contributed by atoms with Gasteiger partial charge in [0, 0.05) is 23.7 Å². The Kier molecular flexibility index (Phi) is 1.76. The zero-order chi connectivity index (χ0) is 10.9. The highest BCUT2D eigenvalue weighted by Crippen LogP contribution is 2.55. The zero-order valence-electron chi connectivity index (χ0n) is 9.24. The van der Waals surface area contributed by atoms with E-state index in [1.165, 1.54) is 0 Å². The zero-order valence-corrected chi connectivity index (χ0v) is 9.24. The van der Waals surface area contributed by atoms with Gasteiger partial charge in [0.25, 0.3) is 0 Å². The first-order valence-corrected chi connectivity index (χ1v) is 6.48. The van der Waals surface area contributed by atoms with Crippen molar-refractivity contribution in [2.75, 3.05) is 0 Å². The summed E-state index contributed by atoms with van der Waals surface area (Å²) >= 11 is 0. The van der Waals surface area contributed by atoms with Crippen LogP contribution in [0.15, 0.2) is 24.3 Å². The predicted molar refractivity (Wildman–Crippen MR) is 60.5 cm³/mol. The fourth-order valence-corrected chi connectivity index (χ4v) is 4.66. The average molecular weight is 218 g/mol. The first-order valence-electron chi connectivity index (χ1n) is 6.48. The van der Waals surface area contributed by atoms with E-state index in [1.54, 1.807) is 0 Å². The third-order valence-corrected chi connectivity index (χ3v) is 5.45. The minimum absolute atomic E-state index is 0.134. The van der Waals surface area contributed by atoms with Gasteiger partial charge in [-0.3, -0.25) is 0 Å². The van der Waals surface area contributed by atoms with Crippen LogP contribution in [-0.4, -0.2) is 22.4 Å². The maximum Gasteiger partial charge on any atom is 0.0668 e. The topological polar surface area (TPSA) is 40.5 Å². The lowest BCUT2D eigenvalue weighted by Crippen LogP contribution is -2.27. The Morgan fingerprint density at radius 2 is 1.12 bits per heavy atom. The quantitative estimate of drug-likeness (QED) is 0.652. The van der Waals surface area contributed by atoms with Gasteiger partial charge in [-0.1, -0.05) is 24.3 Å². The van der Waals surface area contributed by atoms with E-state index in [1.807, 2.05) is 0 Å². The van der Waals surface area contributed by atoms with Gasteiger partial charge < -0.3 is 10.2 Å². The molecule has 6 unspecified atom stereocenters. The minimum Gasteiger partial charge on any atom is -0.392 e. The van der Waals surface area contributed by atoms with Crippen LogP contribution in [0.25, 0.3) is 0 Å². The average Bonchev–Trinajstić information content (AvgIpc) is 3.01. The Labute approximate surface area is 95.7 Å². The molecule has 0 heterocycles. The number of rotatable bonds is 1. The van der Waals surface area contributed by atoms with Crippen molar-refractivity contribution in [3.05, 3.63) is 24.3 Å². The molecule has 0 aliphatic heterocycles. The van der Waals surface area contributed by atoms with Gasteiger partial charge in [0.15, 0.2) is 0 Å². The van der Waals surface area contributed by atoms with Gasteiger partial charge >= 0.3 is 0 Å². The van der Waals surface area contributed by atoms with Gasteiger partial charge in [0.2, 0.25) is 0 Å². The third kappa shape index (κ3) is 1.000. The van der Waals surface area contributed by atoms with Crippen LogP contribution in [0.2, 0.25) is 0 Å². The van der Waals surface area contributed by atoms with E-state index in [2.05, 4.69) is 24.3 Å². The molecule has 0 spiro atoms. The second kappa shape index (κ2) is 2.99. The standard InChI is InChI=1S/C14H18O2/c15-13-7-1-3-9(13)11(5-7)12-6-8-2-4-10(12)14(8)16/h1-4,7-16H,5-6H2/t7?,8?,9?,10?,11-,12-,13?,14?/m0/s1. The second-order valence-corrected chi connectivity index (χ2v) is 6.03. The molecule has 2 heteroatoms. The smallest absolute Gasteiger partial charge is 0.0668 e. The summed E-state index contributed by atoms with van der Waals surface area (Å²) in [7, 11) is 0. The highest BCUT2D eigenvalue weighted by atomic mass is 16.3. The fourth-order valence-electron chi connectivity index (χ4n) is 4.66. The molecule has 8 atom stereocenters. The molecule has 2 nitrogen and oxygen atoms in total. The van der Waals surface area contributed by atoms with Crippen molar-refractivity contribution in [3.63, 3.8) is 0 Å². The lowest BCUT2D eigenvalue weighted by molar-refractivity contribution is 0.102. The number of fused-ring (bicyclic) bond motifs is 4. The molecule has 4 rings (SSSR count). The number of aliphatic hydroxyl groups excluding tert-OH is 2. The molecule has 0 aromatic rings. The van der Waals surface area contributed by atoms with Gasteiger partial charge in [-0.15, -0.1) is 0 Å². The van der Waals surface area contributed by atoms with Crippen molar-refractivity contribution in [2.24, 2.45) is 35.5 Å². The fraction of sp³-hybridized carbons (Fsp3) is 0.714. The van der Waals surface area contributed by atoms with Crippen molar-refractivity contribution in [2.45, 2.75) is 25.0 Å². The van der Waals surface area contributed by atoms with E-state index in [0.717, 1.165) is 12.8 Å². The molecule has 2 fully saturated rings. The molecular formula is C14H18O2. The van der Waals surface area contributed by atoms with Crippen LogP contribution in [0.4, 0.5) is 0 Å². The van der Waals surface area contributed by atoms with Gasteiger partial charge in [-0.25, -0.2) is 0 Å². The van der Waals surface area contributed by atoms with Crippen molar-refractivity contribution in [1.29, 1.82) is 0 Å². The molecule has 4 bridgehead atoms. The van der Waals surface area contributed by atoms with Gasteiger partial charge in [0.1, 0.15) is 0 Å². The summed E-state index contributed by atoms with van der Waals surface area (Å²) in [5.41, 5.74) is 0. The maximum absolute atomic E-state index is 10.1. The van der Waals surface area contributed by atoms with E-state index in [4.69, 9.17) is 0 Å². The Morgan fingerprint density at radius 3 is 1.38 bits per heavy atom. The van der Waals surface area contributed by atoms with Gasteiger partial charge in [-0.05, 0) is 24.7 Å². The lowest BCUT2D eigenvalue weighted by Gasteiger charge is -2.29. The van der Waals surface area contributed by atoms with Crippen LogP contribution in [0.1, 0.15) is 12.8 Å². The first-order chi connectivity index (χ1) is 7.75. The Hall–Kier alpha value is -0.600. The third-order valence-electron chi connectivity index (χ3n) is 5.45. The van der Waals surface area contributed by atoms with Crippen LogP contribution < -0.4 is 0 Å². The van der Waals surface area contributed by atoms with Crippen molar-refractivity contribution in [3.8, 4) is 0 Å². The summed E-state index contributed by atoms with van der Waals surface area (Å²) in [6.45, 7) is 0. The Morgan fingerprint density at radius 1 is 0.688 bits per heavy atom. The van der Waals surface area contributed by atoms with E-state index in [-0.39, 0.29) is 12.2 Å². The van der Waals surface area contributed by atoms with Crippen LogP contribution >= 0.6 is 0 Å². The summed E-state index contributed by atoms with van der Waals surface area (Å²) < 4.78 is 0. The Balaban J connectivity index is 1.61. The summed E-state index contributed by atoms with van der Waals surface area (Å²) in [5.74, 6) is 2.76. The SMILES string of the molecule is OC1C2C=CC1[C@@H]([C@H]1CC3C=CC1C3O)C2. The first kappa shape index (κ1) is 9.43. The van der Waals surface area contributed by atoms with E-state index >= 15 is 0 Å². The van der Waals surface area contributed by atoms with Gasteiger partial charge in [-0.2, -0.15) is 0 Å². The van der Waals surface area contributed by atoms with E-state index < -0.39 is 0 Å². The molecule has 0 radical (unpaired) electrons. The van der Waals surface area contributed by atoms with Crippen LogP contribution in [0.3, 0.4) is 0 Å². The molecule has 2 saturated carbocycles. The normalized spacial score (nSPS) is 61.4. The molecule has 86 valence electrons. The molecule has 4 aliphatic carbocycles. The number of aliphatic hydroxyl groups is 2. The molecule has 4 aliphatic rings. The molecular weight excluding hydrogens is 200 g/mol. The molecule has 0 amide bonds. The second-order valence-electron chi connectivity index (χ2n) is 6.03. The molecule has 0 aromatic heterocycles. The van der Waals surface area contributed by atoms with Gasteiger partial charge in [0.05, 0.1) is 12.2 Å². The predicted octanol–water partition coefficient (Wildman–Crippen LogP) is 1.35. The summed E-state index contributed by atoms with van der Waals surface area (Å²) in [6.07, 6.45) is 10.8. The van der Waals surface area contributed by atoms with Crippen molar-refractivity contribution >= 4 is 0 Å². The summed E-state index contributed by atoms with van der Waals surface area (Å²) in [5, 5.41) is 20.1. The molecule has 16 heavy (non-hydrogen) atoms. The van der Waals surface area contributed by atoms with Crippen molar-refractivity contribution < 1.29 is 10.2 Å². The van der Waals surface area contributed by atoms with E-state index in [9.17, 15) is 10.2 Å². The highest BCUT2D eigenvalue weighted by Gasteiger charge is 2.53. The summed E-state index contributed by atoms with van der Waals surface area (Å²) in [4.78, 5) is 0. The largest absolute Gasteiger partial charge is 0.392 e. The van der Waals surface area contributed by atoms with Crippen LogP contribution in [0, 0.1) is 35.5 Å². The number of hydrogen-bond acceptors (Lipinski definition) is 2. The molecule has 2 N–H and O–H groups in total. The summed E-state index contributed by atoms with van der Waals surface area (Å²) in [6, 6.07) is 0. The van der Waals surface area contributed by atoms with Crippen molar-refractivity contribution in [1.82, 2.24) is 0 Å². The highest BCUT2D eigenvalue weighted by molar-refractivity contribution is 5.21. The molecule has 0 aromatic carbocycles.